The number of methoxy groups -OCH3 is 1. The van der Waals surface area contributed by atoms with Crippen molar-refractivity contribution in [3.63, 3.8) is 0 Å². The van der Waals surface area contributed by atoms with Gasteiger partial charge in [-0.25, -0.2) is 0 Å². The van der Waals surface area contributed by atoms with Crippen molar-refractivity contribution < 1.29 is 14.3 Å². The molecule has 0 atom stereocenters. The molecule has 2 aliphatic rings. The number of allylic oxidation sites excluding steroid dienone is 2. The monoisotopic (exact) mass is 251 g/mol. The topological polar surface area (TPSA) is 55.4 Å². The zero-order valence-electron chi connectivity index (χ0n) is 10.9. The first-order chi connectivity index (χ1) is 8.70. The number of carbonyl (C=O) groups excluding carboxylic acids is 2. The van der Waals surface area contributed by atoms with Crippen molar-refractivity contribution in [1.29, 1.82) is 0 Å². The predicted molar refractivity (Wildman–Crippen MR) is 67.8 cm³/mol. The van der Waals surface area contributed by atoms with Gasteiger partial charge in [0.15, 0.2) is 0 Å². The highest BCUT2D eigenvalue weighted by atomic mass is 16.5. The molecule has 0 heterocycles. The fourth-order valence-corrected chi connectivity index (χ4v) is 2.79. The van der Waals surface area contributed by atoms with Gasteiger partial charge in [-0.1, -0.05) is 12.2 Å². The summed E-state index contributed by atoms with van der Waals surface area (Å²) >= 11 is 0. The van der Waals surface area contributed by atoms with Crippen LogP contribution in [0.1, 0.15) is 38.5 Å². The standard InChI is InChI=1S/C14H21NO3/c1-18-14(17)11-6-8-12(9-7-11)15-13(16)10-4-2-3-5-10/h2-3,10-12H,4-9H2,1H3,(H,15,16). The zero-order valence-corrected chi connectivity index (χ0v) is 10.9. The van der Waals surface area contributed by atoms with E-state index in [0.717, 1.165) is 38.5 Å². The number of hydrogen-bond donors (Lipinski definition) is 1. The van der Waals surface area contributed by atoms with E-state index in [4.69, 9.17) is 4.74 Å². The van der Waals surface area contributed by atoms with Crippen LogP contribution < -0.4 is 5.32 Å². The minimum absolute atomic E-state index is 0.0244. The maximum atomic E-state index is 11.9. The Morgan fingerprint density at radius 1 is 1.06 bits per heavy atom. The van der Waals surface area contributed by atoms with Crippen LogP contribution >= 0.6 is 0 Å². The second kappa shape index (κ2) is 6.03. The molecule has 1 N–H and O–H groups in total. The van der Waals surface area contributed by atoms with Gasteiger partial charge in [-0.3, -0.25) is 9.59 Å². The van der Waals surface area contributed by atoms with E-state index in [0.29, 0.717) is 0 Å². The van der Waals surface area contributed by atoms with Crippen molar-refractivity contribution in [2.45, 2.75) is 44.6 Å². The van der Waals surface area contributed by atoms with Crippen molar-refractivity contribution in [3.05, 3.63) is 12.2 Å². The lowest BCUT2D eigenvalue weighted by Gasteiger charge is -2.28. The molecule has 1 fully saturated rings. The minimum Gasteiger partial charge on any atom is -0.469 e. The highest BCUT2D eigenvalue weighted by Crippen LogP contribution is 2.26. The summed E-state index contributed by atoms with van der Waals surface area (Å²) in [5.74, 6) is 0.209. The Morgan fingerprint density at radius 2 is 1.67 bits per heavy atom. The maximum Gasteiger partial charge on any atom is 0.308 e. The Hall–Kier alpha value is -1.32. The summed E-state index contributed by atoms with van der Waals surface area (Å²) in [6.07, 6.45) is 9.27. The van der Waals surface area contributed by atoms with Crippen LogP contribution in [0.3, 0.4) is 0 Å². The predicted octanol–water partition coefficient (Wildman–Crippen LogP) is 1.80. The molecule has 0 spiro atoms. The second-order valence-corrected chi connectivity index (χ2v) is 5.22. The largest absolute Gasteiger partial charge is 0.469 e. The summed E-state index contributed by atoms with van der Waals surface area (Å²) < 4.78 is 4.75. The third-order valence-corrected chi connectivity index (χ3v) is 3.99. The molecule has 0 radical (unpaired) electrons. The molecule has 0 saturated heterocycles. The number of ether oxygens (including phenoxy) is 1. The van der Waals surface area contributed by atoms with Gasteiger partial charge in [0.25, 0.3) is 0 Å². The van der Waals surface area contributed by atoms with Crippen molar-refractivity contribution in [1.82, 2.24) is 5.32 Å². The van der Waals surface area contributed by atoms with Gasteiger partial charge in [0, 0.05) is 12.0 Å². The van der Waals surface area contributed by atoms with E-state index >= 15 is 0 Å². The van der Waals surface area contributed by atoms with E-state index in [1.165, 1.54) is 7.11 Å². The SMILES string of the molecule is COC(=O)C1CCC(NC(=O)C2CC=CC2)CC1. The molecular formula is C14H21NO3. The summed E-state index contributed by atoms with van der Waals surface area (Å²) in [5, 5.41) is 3.11. The number of carbonyl (C=O) groups is 2. The average molecular weight is 251 g/mol. The van der Waals surface area contributed by atoms with Gasteiger partial charge in [-0.15, -0.1) is 0 Å². The fraction of sp³-hybridized carbons (Fsp3) is 0.714. The molecule has 100 valence electrons. The van der Waals surface area contributed by atoms with Crippen molar-refractivity contribution >= 4 is 11.9 Å². The van der Waals surface area contributed by atoms with Gasteiger partial charge in [-0.05, 0) is 38.5 Å². The van der Waals surface area contributed by atoms with Crippen molar-refractivity contribution in [2.75, 3.05) is 7.11 Å². The summed E-state index contributed by atoms with van der Waals surface area (Å²) in [4.78, 5) is 23.3. The molecule has 2 aliphatic carbocycles. The van der Waals surface area contributed by atoms with E-state index in [-0.39, 0.29) is 29.8 Å². The maximum absolute atomic E-state index is 11.9. The summed E-state index contributed by atoms with van der Waals surface area (Å²) in [6.45, 7) is 0. The molecule has 0 aliphatic heterocycles. The summed E-state index contributed by atoms with van der Waals surface area (Å²) in [5.41, 5.74) is 0. The van der Waals surface area contributed by atoms with Crippen molar-refractivity contribution in [3.8, 4) is 0 Å². The molecule has 0 aromatic rings. The molecule has 0 aromatic heterocycles. The highest BCUT2D eigenvalue weighted by molar-refractivity contribution is 5.79. The first kappa shape index (κ1) is 13.1. The Morgan fingerprint density at radius 3 is 2.22 bits per heavy atom. The Bertz CT molecular complexity index is 335. The number of amides is 1. The van der Waals surface area contributed by atoms with E-state index < -0.39 is 0 Å². The van der Waals surface area contributed by atoms with Crippen LogP contribution in [0, 0.1) is 11.8 Å². The normalized spacial score (nSPS) is 28.1. The minimum atomic E-state index is -0.111. The van der Waals surface area contributed by atoms with Gasteiger partial charge in [-0.2, -0.15) is 0 Å². The van der Waals surface area contributed by atoms with Crippen molar-refractivity contribution in [2.24, 2.45) is 11.8 Å². The molecular weight excluding hydrogens is 230 g/mol. The van der Waals surface area contributed by atoms with Crippen LogP contribution in [-0.4, -0.2) is 25.0 Å². The number of nitrogens with one attached hydrogen (secondary N) is 1. The summed E-state index contributed by atoms with van der Waals surface area (Å²) in [7, 11) is 1.43. The van der Waals surface area contributed by atoms with Crippen LogP contribution in [-0.2, 0) is 14.3 Å². The molecule has 0 aromatic carbocycles. The Labute approximate surface area is 108 Å². The fourth-order valence-electron chi connectivity index (χ4n) is 2.79. The molecule has 1 amide bonds. The Balaban J connectivity index is 1.73. The molecule has 0 unspecified atom stereocenters. The molecule has 18 heavy (non-hydrogen) atoms. The summed E-state index contributed by atoms with van der Waals surface area (Å²) in [6, 6.07) is 0.235. The van der Waals surface area contributed by atoms with E-state index in [2.05, 4.69) is 17.5 Å². The molecule has 0 bridgehead atoms. The lowest BCUT2D eigenvalue weighted by Crippen LogP contribution is -2.41. The van der Waals surface area contributed by atoms with Gasteiger partial charge in [0.1, 0.15) is 0 Å². The second-order valence-electron chi connectivity index (χ2n) is 5.22. The van der Waals surface area contributed by atoms with Crippen LogP contribution in [0.15, 0.2) is 12.2 Å². The van der Waals surface area contributed by atoms with Gasteiger partial charge in [0.2, 0.25) is 5.91 Å². The molecule has 4 nitrogen and oxygen atoms in total. The quantitative estimate of drug-likeness (QED) is 0.614. The van der Waals surface area contributed by atoms with E-state index in [1.54, 1.807) is 0 Å². The lowest BCUT2D eigenvalue weighted by molar-refractivity contribution is -0.146. The first-order valence-electron chi connectivity index (χ1n) is 6.74. The molecule has 2 rings (SSSR count). The third kappa shape index (κ3) is 3.12. The molecule has 1 saturated carbocycles. The van der Waals surface area contributed by atoms with Crippen LogP contribution in [0.5, 0.6) is 0 Å². The smallest absolute Gasteiger partial charge is 0.308 e. The number of hydrogen-bond acceptors (Lipinski definition) is 3. The number of rotatable bonds is 3. The zero-order chi connectivity index (χ0) is 13.0. The van der Waals surface area contributed by atoms with Gasteiger partial charge in [0.05, 0.1) is 13.0 Å². The average Bonchev–Trinajstić information content (AvgIpc) is 2.92. The van der Waals surface area contributed by atoms with Crippen LogP contribution in [0.4, 0.5) is 0 Å². The highest BCUT2D eigenvalue weighted by Gasteiger charge is 2.29. The number of esters is 1. The van der Waals surface area contributed by atoms with Gasteiger partial charge < -0.3 is 10.1 Å². The van der Waals surface area contributed by atoms with Crippen LogP contribution in [0.2, 0.25) is 0 Å². The van der Waals surface area contributed by atoms with Gasteiger partial charge >= 0.3 is 5.97 Å². The Kier molecular flexibility index (Phi) is 4.39. The third-order valence-electron chi connectivity index (χ3n) is 3.99. The lowest BCUT2D eigenvalue weighted by atomic mass is 9.86. The molecule has 4 heteroatoms. The van der Waals surface area contributed by atoms with E-state index in [9.17, 15) is 9.59 Å². The van der Waals surface area contributed by atoms with E-state index in [1.807, 2.05) is 0 Å². The first-order valence-corrected chi connectivity index (χ1v) is 6.74. The van der Waals surface area contributed by atoms with Crippen LogP contribution in [0.25, 0.3) is 0 Å².